The lowest BCUT2D eigenvalue weighted by molar-refractivity contribution is -0.117. The van der Waals surface area contributed by atoms with Crippen LogP contribution < -0.4 is 31.9 Å². The first-order valence-corrected chi connectivity index (χ1v) is 18.4. The maximum absolute atomic E-state index is 13.1. The average Bonchev–Trinajstić information content (AvgIpc) is 3.89. The van der Waals surface area contributed by atoms with Crippen molar-refractivity contribution in [1.82, 2.24) is 9.80 Å². The van der Waals surface area contributed by atoms with Gasteiger partial charge in [0.15, 0.2) is 0 Å². The van der Waals surface area contributed by atoms with Crippen molar-refractivity contribution in [1.29, 1.82) is 0 Å². The zero-order valence-electron chi connectivity index (χ0n) is 30.2. The van der Waals surface area contributed by atoms with Crippen LogP contribution in [-0.4, -0.2) is 78.7 Å². The first-order valence-electron chi connectivity index (χ1n) is 18.4. The highest BCUT2D eigenvalue weighted by atomic mass is 16.2. The molecule has 0 aliphatic carbocycles. The van der Waals surface area contributed by atoms with Gasteiger partial charge in [-0.2, -0.15) is 0 Å². The summed E-state index contributed by atoms with van der Waals surface area (Å²) in [6.07, 6.45) is 5.50. The van der Waals surface area contributed by atoms with E-state index in [0.29, 0.717) is 58.1 Å². The molecule has 0 unspecified atom stereocenters. The Hall–Kier alpha value is -6.05. The molecular formula is C41H46N8O5. The maximum atomic E-state index is 13.1. The van der Waals surface area contributed by atoms with Gasteiger partial charge in [0.1, 0.15) is 0 Å². The fourth-order valence-corrected chi connectivity index (χ4v) is 6.50. The molecule has 2 heterocycles. The van der Waals surface area contributed by atoms with Crippen LogP contribution in [0.15, 0.2) is 97.1 Å². The van der Waals surface area contributed by atoms with Crippen molar-refractivity contribution < 1.29 is 24.0 Å². The van der Waals surface area contributed by atoms with Gasteiger partial charge in [0.05, 0.1) is 0 Å². The lowest BCUT2D eigenvalue weighted by Crippen LogP contribution is -2.25. The van der Waals surface area contributed by atoms with Crippen LogP contribution >= 0.6 is 0 Å². The number of nitrogens with zero attached hydrogens (tertiary/aromatic N) is 2. The third kappa shape index (κ3) is 11.5. The van der Waals surface area contributed by atoms with Crippen LogP contribution in [0, 0.1) is 0 Å². The number of benzene rings is 4. The SMILES string of the molecule is O=C(CCN1CCCC1)Nc1cccc(NC(=O)c2cccc(NC(=O)Nc3cccc(C(=O)Nc4cccc(NC(=O)CCN5CCCC5)c4)c3)c2)c1. The summed E-state index contributed by atoms with van der Waals surface area (Å²) in [7, 11) is 0. The number of nitrogens with one attached hydrogen (secondary N) is 6. The number of anilines is 6. The molecular weight excluding hydrogens is 685 g/mol. The van der Waals surface area contributed by atoms with Crippen LogP contribution in [-0.2, 0) is 9.59 Å². The zero-order chi connectivity index (χ0) is 37.7. The molecule has 54 heavy (non-hydrogen) atoms. The average molecular weight is 731 g/mol. The van der Waals surface area contributed by atoms with Crippen molar-refractivity contribution in [3.63, 3.8) is 0 Å². The van der Waals surface area contributed by atoms with Gasteiger partial charge < -0.3 is 41.7 Å². The summed E-state index contributed by atoms with van der Waals surface area (Å²) in [5, 5.41) is 16.9. The Morgan fingerprint density at radius 2 is 0.759 bits per heavy atom. The summed E-state index contributed by atoms with van der Waals surface area (Å²) in [6, 6.07) is 26.3. The van der Waals surface area contributed by atoms with Crippen LogP contribution in [0.2, 0.25) is 0 Å². The summed E-state index contributed by atoms with van der Waals surface area (Å²) in [5.74, 6) is -0.935. The van der Waals surface area contributed by atoms with E-state index in [1.165, 1.54) is 25.7 Å². The van der Waals surface area contributed by atoms with E-state index in [4.69, 9.17) is 0 Å². The molecule has 4 aromatic carbocycles. The summed E-state index contributed by atoms with van der Waals surface area (Å²) in [6.45, 7) is 5.59. The molecule has 0 bridgehead atoms. The number of hydrogen-bond acceptors (Lipinski definition) is 7. The van der Waals surface area contributed by atoms with E-state index < -0.39 is 6.03 Å². The smallest absolute Gasteiger partial charge is 0.323 e. The third-order valence-electron chi connectivity index (χ3n) is 9.28. The van der Waals surface area contributed by atoms with E-state index in [1.54, 1.807) is 97.1 Å². The van der Waals surface area contributed by atoms with Crippen LogP contribution in [0.5, 0.6) is 0 Å². The number of carbonyl (C=O) groups excluding carboxylic acids is 5. The quantitative estimate of drug-likeness (QED) is 0.0843. The van der Waals surface area contributed by atoms with Crippen molar-refractivity contribution in [2.24, 2.45) is 0 Å². The minimum Gasteiger partial charge on any atom is -0.326 e. The van der Waals surface area contributed by atoms with Gasteiger partial charge in [-0.1, -0.05) is 24.3 Å². The second kappa shape index (κ2) is 18.6. The highest BCUT2D eigenvalue weighted by molar-refractivity contribution is 6.08. The number of rotatable bonds is 14. The molecule has 4 aromatic rings. The van der Waals surface area contributed by atoms with Gasteiger partial charge in [-0.05, 0) is 125 Å². The summed E-state index contributed by atoms with van der Waals surface area (Å²) < 4.78 is 0. The minimum atomic E-state index is -0.563. The normalized spacial score (nSPS) is 14.2. The second-order valence-electron chi connectivity index (χ2n) is 13.5. The van der Waals surface area contributed by atoms with Crippen molar-refractivity contribution in [3.8, 4) is 0 Å². The first-order chi connectivity index (χ1) is 26.3. The topological polar surface area (TPSA) is 164 Å². The molecule has 6 amide bonds. The van der Waals surface area contributed by atoms with Crippen LogP contribution in [0.4, 0.5) is 38.9 Å². The molecule has 13 heteroatoms. The summed E-state index contributed by atoms with van der Waals surface area (Å²) in [4.78, 5) is 68.6. The van der Waals surface area contributed by atoms with Gasteiger partial charge in [0.25, 0.3) is 11.8 Å². The molecule has 6 rings (SSSR count). The molecule has 280 valence electrons. The van der Waals surface area contributed by atoms with Gasteiger partial charge in [-0.25, -0.2) is 4.79 Å². The highest BCUT2D eigenvalue weighted by Gasteiger charge is 2.16. The number of amides is 6. The van der Waals surface area contributed by atoms with Crippen molar-refractivity contribution in [3.05, 3.63) is 108 Å². The van der Waals surface area contributed by atoms with Crippen molar-refractivity contribution in [2.45, 2.75) is 38.5 Å². The second-order valence-corrected chi connectivity index (χ2v) is 13.5. The Morgan fingerprint density at radius 3 is 1.15 bits per heavy atom. The van der Waals surface area contributed by atoms with Crippen molar-refractivity contribution in [2.75, 3.05) is 71.2 Å². The number of likely N-dealkylation sites (tertiary alicyclic amines) is 2. The van der Waals surface area contributed by atoms with Crippen LogP contribution in [0.1, 0.15) is 59.2 Å². The molecule has 2 aliphatic heterocycles. The lowest BCUT2D eigenvalue weighted by atomic mass is 10.1. The van der Waals surface area contributed by atoms with Gasteiger partial charge in [-0.3, -0.25) is 19.2 Å². The van der Waals surface area contributed by atoms with E-state index >= 15 is 0 Å². The van der Waals surface area contributed by atoms with Gasteiger partial charge in [0, 0.05) is 71.2 Å². The Bertz CT molecular complexity index is 1830. The predicted octanol–water partition coefficient (Wildman–Crippen LogP) is 6.68. The monoisotopic (exact) mass is 730 g/mol. The Balaban J connectivity index is 0.976. The molecule has 2 aliphatic rings. The Labute approximate surface area is 314 Å². The molecule has 0 spiro atoms. The number of urea groups is 1. The van der Waals surface area contributed by atoms with E-state index in [1.807, 2.05) is 0 Å². The fourth-order valence-electron chi connectivity index (χ4n) is 6.50. The molecule has 0 saturated carbocycles. The van der Waals surface area contributed by atoms with Gasteiger partial charge in [0.2, 0.25) is 11.8 Å². The molecule has 2 saturated heterocycles. The van der Waals surface area contributed by atoms with E-state index in [0.717, 1.165) is 39.3 Å². The molecule has 13 nitrogen and oxygen atoms in total. The fraction of sp³-hybridized carbons (Fsp3) is 0.293. The number of hydrogen-bond donors (Lipinski definition) is 6. The van der Waals surface area contributed by atoms with E-state index in [2.05, 4.69) is 41.7 Å². The Morgan fingerprint density at radius 1 is 0.426 bits per heavy atom. The number of carbonyl (C=O) groups is 5. The van der Waals surface area contributed by atoms with Crippen LogP contribution in [0.3, 0.4) is 0 Å². The molecule has 0 aromatic heterocycles. The zero-order valence-corrected chi connectivity index (χ0v) is 30.2. The third-order valence-corrected chi connectivity index (χ3v) is 9.28. The molecule has 2 fully saturated rings. The standard InChI is InChI=1S/C41H46N8O5/c50-37(17-23-48-19-1-2-20-48)42-33-13-7-15-35(27-33)44-39(52)29-9-5-11-31(25-29)46-41(54)47-32-12-6-10-30(26-32)40(53)45-36-16-8-14-34(28-36)43-38(51)18-24-49-21-3-4-22-49/h5-16,25-28H,1-4,17-24H2,(H,42,50)(H,43,51)(H,44,52)(H,45,53)(H2,46,47,54). The largest absolute Gasteiger partial charge is 0.326 e. The van der Waals surface area contributed by atoms with Gasteiger partial charge in [-0.15, -0.1) is 0 Å². The maximum Gasteiger partial charge on any atom is 0.323 e. The predicted molar refractivity (Wildman–Crippen MR) is 212 cm³/mol. The van der Waals surface area contributed by atoms with E-state index in [9.17, 15) is 24.0 Å². The molecule has 6 N–H and O–H groups in total. The first kappa shape index (κ1) is 37.7. The lowest BCUT2D eigenvalue weighted by Gasteiger charge is -2.14. The Kier molecular flexibility index (Phi) is 13.0. The highest BCUT2D eigenvalue weighted by Crippen LogP contribution is 2.21. The van der Waals surface area contributed by atoms with E-state index in [-0.39, 0.29) is 23.6 Å². The molecule has 0 atom stereocenters. The van der Waals surface area contributed by atoms with Crippen LogP contribution in [0.25, 0.3) is 0 Å². The molecule has 0 radical (unpaired) electrons. The summed E-state index contributed by atoms with van der Waals surface area (Å²) in [5.41, 5.74) is 3.61. The summed E-state index contributed by atoms with van der Waals surface area (Å²) >= 11 is 0. The van der Waals surface area contributed by atoms with Crippen molar-refractivity contribution >= 4 is 63.8 Å². The van der Waals surface area contributed by atoms with Gasteiger partial charge >= 0.3 is 6.03 Å². The minimum absolute atomic E-state index is 0.0791.